The van der Waals surface area contributed by atoms with Gasteiger partial charge in [-0.3, -0.25) is 0 Å². The average Bonchev–Trinajstić information content (AvgIpc) is 3.78. The summed E-state index contributed by atoms with van der Waals surface area (Å²) in [4.78, 5) is 0. The molecule has 8 aromatic carbocycles. The maximum atomic E-state index is 2.69. The molecule has 0 aromatic heterocycles. The molecule has 8 aromatic rings. The Bertz CT molecular complexity index is 2180. The van der Waals surface area contributed by atoms with E-state index in [1.165, 1.54) is 97.8 Å². The Balaban J connectivity index is 0.00000180. The first kappa shape index (κ1) is 39.8. The van der Waals surface area contributed by atoms with Gasteiger partial charge < -0.3 is 14.9 Å². The minimum atomic E-state index is -2.39. The Morgan fingerprint density at radius 3 is 1.19 bits per heavy atom. The van der Waals surface area contributed by atoms with Gasteiger partial charge in [0.1, 0.15) is 0 Å². The van der Waals surface area contributed by atoms with E-state index in [1.54, 1.807) is 10.4 Å². The van der Waals surface area contributed by atoms with Crippen LogP contribution in [0.25, 0.3) is 66.1 Å². The van der Waals surface area contributed by atoms with Crippen LogP contribution in [0.4, 0.5) is 0 Å². The largest absolute Gasteiger partial charge is 4.00 e. The summed E-state index contributed by atoms with van der Waals surface area (Å²) in [5.74, 6) is 0. The van der Waals surface area contributed by atoms with Crippen molar-refractivity contribution >= 4 is 40.0 Å². The monoisotopic (exact) mass is 870 g/mol. The Morgan fingerprint density at radius 1 is 0.415 bits per heavy atom. The summed E-state index contributed by atoms with van der Waals surface area (Å²) in [6, 6.07) is 64.6. The fraction of sp³-hybridized carbons (Fsp3) is 0.137. The van der Waals surface area contributed by atoms with Crippen molar-refractivity contribution in [3.05, 3.63) is 185 Å². The Morgan fingerprint density at radius 2 is 0.774 bits per heavy atom. The van der Waals surface area contributed by atoms with Gasteiger partial charge in [-0.15, -0.1) is 67.3 Å². The van der Waals surface area contributed by atoms with Gasteiger partial charge in [0.2, 0.25) is 0 Å². The molecule has 0 fully saturated rings. The van der Waals surface area contributed by atoms with E-state index >= 15 is 0 Å². The van der Waals surface area contributed by atoms with Gasteiger partial charge in [0.15, 0.2) is 0 Å². The molecule has 0 nitrogen and oxygen atoms in total. The molecular weight excluding hydrogens is 819 g/mol. The van der Waals surface area contributed by atoms with Gasteiger partial charge >= 0.3 is 25.8 Å². The molecule has 53 heavy (non-hydrogen) atoms. The summed E-state index contributed by atoms with van der Waals surface area (Å²) in [5.41, 5.74) is 10.5. The minimum Gasteiger partial charge on any atom is -0.358 e. The fourth-order valence-corrected chi connectivity index (χ4v) is 13.3. The van der Waals surface area contributed by atoms with Gasteiger partial charge in [-0.2, -0.15) is 0 Å². The van der Waals surface area contributed by atoms with Crippen molar-refractivity contribution in [1.82, 2.24) is 0 Å². The van der Waals surface area contributed by atoms with Crippen LogP contribution in [0.5, 0.6) is 0 Å². The van der Waals surface area contributed by atoms with Crippen LogP contribution >= 0.6 is 0 Å². The number of rotatable bonds is 11. The second-order valence-electron chi connectivity index (χ2n) is 14.1. The van der Waals surface area contributed by atoms with Crippen molar-refractivity contribution < 1.29 is 25.8 Å². The second kappa shape index (κ2) is 17.6. The van der Waals surface area contributed by atoms with Crippen LogP contribution in [0.1, 0.15) is 32.6 Å². The van der Waals surface area contributed by atoms with E-state index in [0.717, 1.165) is 0 Å². The summed E-state index contributed by atoms with van der Waals surface area (Å²) >= 11 is 0. The van der Waals surface area contributed by atoms with Crippen LogP contribution in [-0.4, -0.2) is 8.07 Å². The zero-order valence-electron chi connectivity index (χ0n) is 31.7. The van der Waals surface area contributed by atoms with Crippen molar-refractivity contribution in [2.24, 2.45) is 0 Å². The SMILES string of the molecule is CCCCCC[Si](C)(c1c(-c2ccc(-c3ccccc3)cc2)[cH-]c2ccccc12)c1c(-c2ccc(-c3ccccc3)cc2)[cH-]c2ccccc12.[CH3-].[CH3-].[Hf+4]. The van der Waals surface area contributed by atoms with Crippen molar-refractivity contribution in [3.63, 3.8) is 0 Å². The van der Waals surface area contributed by atoms with E-state index in [2.05, 4.69) is 183 Å². The topological polar surface area (TPSA) is 0 Å². The molecular formula is C51H50HfSi. The molecule has 0 amide bonds. The van der Waals surface area contributed by atoms with Crippen LogP contribution in [0.2, 0.25) is 12.6 Å². The number of hydrogen-bond donors (Lipinski definition) is 0. The summed E-state index contributed by atoms with van der Waals surface area (Å²) in [5, 5.41) is 8.74. The zero-order chi connectivity index (χ0) is 33.9. The number of hydrogen-bond acceptors (Lipinski definition) is 0. The van der Waals surface area contributed by atoms with E-state index in [9.17, 15) is 0 Å². The first-order valence-corrected chi connectivity index (χ1v) is 21.0. The summed E-state index contributed by atoms with van der Waals surface area (Å²) in [6.45, 7) is 5.01. The van der Waals surface area contributed by atoms with Crippen molar-refractivity contribution in [2.75, 3.05) is 0 Å². The smallest absolute Gasteiger partial charge is 0.358 e. The Labute approximate surface area is 338 Å². The van der Waals surface area contributed by atoms with Crippen LogP contribution in [0, 0.1) is 14.9 Å². The number of benzene rings is 6. The number of unbranched alkanes of at least 4 members (excludes halogenated alkanes) is 3. The van der Waals surface area contributed by atoms with Gasteiger partial charge in [0.25, 0.3) is 0 Å². The minimum absolute atomic E-state index is 0. The first-order valence-electron chi connectivity index (χ1n) is 18.3. The first-order chi connectivity index (χ1) is 24.6. The molecule has 0 aliphatic rings. The van der Waals surface area contributed by atoms with Crippen molar-refractivity contribution in [1.29, 1.82) is 0 Å². The van der Waals surface area contributed by atoms with Crippen molar-refractivity contribution in [2.45, 2.75) is 45.2 Å². The van der Waals surface area contributed by atoms with Gasteiger partial charge in [-0.05, 0) is 22.3 Å². The van der Waals surface area contributed by atoms with E-state index in [4.69, 9.17) is 0 Å². The van der Waals surface area contributed by atoms with E-state index in [-0.39, 0.29) is 40.7 Å². The van der Waals surface area contributed by atoms with E-state index in [0.29, 0.717) is 0 Å². The molecule has 262 valence electrons. The molecule has 0 aliphatic heterocycles. The standard InChI is InChI=1S/C49H44Si.2CH3.Hf/c1-3-4-5-16-33-50(2,48-44-23-14-12-21-42(44)34-46(48)40-29-25-38(26-30-40)36-17-8-6-9-18-36)49-45-24-15-13-22-43(45)35-47(49)41-31-27-39(28-32-41)37-19-10-7-11-20-37;;;/h6-15,17-32,34-35H,3-5,16,33H2,1-2H3;2*1H3;/q-2;2*-1;+4. The maximum Gasteiger partial charge on any atom is 4.00 e. The van der Waals surface area contributed by atoms with Crippen LogP contribution in [-0.2, 0) is 25.8 Å². The molecule has 2 heteroatoms. The molecule has 0 spiro atoms. The third-order valence-corrected chi connectivity index (χ3v) is 15.5. The van der Waals surface area contributed by atoms with Gasteiger partial charge in [-0.1, -0.05) is 202 Å². The number of fused-ring (bicyclic) bond motifs is 2. The Hall–Kier alpha value is -4.37. The molecule has 0 bridgehead atoms. The van der Waals surface area contributed by atoms with Gasteiger partial charge in [-0.25, -0.2) is 0 Å². The molecule has 0 saturated carbocycles. The van der Waals surface area contributed by atoms with Crippen LogP contribution in [0.15, 0.2) is 170 Å². The van der Waals surface area contributed by atoms with E-state index < -0.39 is 8.07 Å². The van der Waals surface area contributed by atoms with Crippen LogP contribution in [0.3, 0.4) is 0 Å². The molecule has 8 rings (SSSR count). The van der Waals surface area contributed by atoms with Gasteiger partial charge in [0, 0.05) is 8.07 Å². The summed E-state index contributed by atoms with van der Waals surface area (Å²) in [6.07, 6.45) is 5.05. The molecule has 0 aliphatic carbocycles. The molecule has 0 radical (unpaired) electrons. The normalized spacial score (nSPS) is 11.1. The predicted octanol–water partition coefficient (Wildman–Crippen LogP) is 13.8. The Kier molecular flexibility index (Phi) is 13.3. The maximum absolute atomic E-state index is 2.69. The molecule has 0 unspecified atom stereocenters. The molecule has 0 atom stereocenters. The fourth-order valence-electron chi connectivity index (χ4n) is 8.32. The zero-order valence-corrected chi connectivity index (χ0v) is 36.3. The summed E-state index contributed by atoms with van der Waals surface area (Å²) < 4.78 is 0. The predicted molar refractivity (Wildman–Crippen MR) is 233 cm³/mol. The quantitative estimate of drug-likeness (QED) is 0.0690. The third-order valence-electron chi connectivity index (χ3n) is 10.8. The summed E-state index contributed by atoms with van der Waals surface area (Å²) in [7, 11) is -2.39. The van der Waals surface area contributed by atoms with E-state index in [1.807, 2.05) is 0 Å². The van der Waals surface area contributed by atoms with Gasteiger partial charge in [0.05, 0.1) is 0 Å². The second-order valence-corrected chi connectivity index (χ2v) is 18.2. The van der Waals surface area contributed by atoms with Crippen molar-refractivity contribution in [3.8, 4) is 44.5 Å². The third kappa shape index (κ3) is 7.82. The average molecular weight is 870 g/mol. The van der Waals surface area contributed by atoms with Crippen LogP contribution < -0.4 is 10.4 Å². The molecule has 0 saturated heterocycles. The molecule has 0 heterocycles. The molecule has 0 N–H and O–H groups in total.